The number of carboxylic acid groups (broad SMARTS) is 1. The van der Waals surface area contributed by atoms with Crippen LogP contribution in [0, 0.1) is 11.3 Å². The number of carbonyl (C=O) groups is 1. The van der Waals surface area contributed by atoms with Gasteiger partial charge in [0.25, 0.3) is 0 Å². The van der Waals surface area contributed by atoms with Crippen LogP contribution < -0.4 is 0 Å². The first-order valence-corrected chi connectivity index (χ1v) is 7.47. The molecule has 118 valence electrons. The summed E-state index contributed by atoms with van der Waals surface area (Å²) in [6.07, 6.45) is 2.02. The van der Waals surface area contributed by atoms with Crippen LogP contribution >= 0.6 is 0 Å². The highest BCUT2D eigenvalue weighted by molar-refractivity contribution is 5.67. The Morgan fingerprint density at radius 3 is 2.71 bits per heavy atom. The first-order chi connectivity index (χ1) is 9.58. The number of aromatic nitrogens is 1. The van der Waals surface area contributed by atoms with Crippen molar-refractivity contribution in [3.05, 3.63) is 17.8 Å². The molecule has 5 nitrogen and oxygen atoms in total. The molecular weight excluding hydrogens is 268 g/mol. The number of aliphatic carboxylic acids is 1. The molecule has 1 aliphatic rings. The van der Waals surface area contributed by atoms with Gasteiger partial charge in [0.1, 0.15) is 5.76 Å². The fraction of sp³-hybridized carbons (Fsp3) is 0.750. The SMILES string of the molecule is CC(C)(C)c1ncc(CN2CC(CC(=O)O)C(C)(C)C2)o1. The highest BCUT2D eigenvalue weighted by atomic mass is 16.4. The van der Waals surface area contributed by atoms with E-state index in [2.05, 4.69) is 44.5 Å². The quantitative estimate of drug-likeness (QED) is 0.925. The predicted octanol–water partition coefficient (Wildman–Crippen LogP) is 2.90. The highest BCUT2D eigenvalue weighted by Crippen LogP contribution is 2.38. The van der Waals surface area contributed by atoms with E-state index in [1.54, 1.807) is 6.20 Å². The Balaban J connectivity index is 2.01. The number of hydrogen-bond acceptors (Lipinski definition) is 4. The van der Waals surface area contributed by atoms with Crippen LogP contribution in [0.3, 0.4) is 0 Å². The lowest BCUT2D eigenvalue weighted by Gasteiger charge is -2.24. The van der Waals surface area contributed by atoms with Crippen LogP contribution in [-0.4, -0.2) is 34.0 Å². The van der Waals surface area contributed by atoms with Crippen molar-refractivity contribution in [3.8, 4) is 0 Å². The van der Waals surface area contributed by atoms with Gasteiger partial charge in [-0.25, -0.2) is 4.98 Å². The van der Waals surface area contributed by atoms with Gasteiger partial charge in [-0.2, -0.15) is 0 Å². The minimum atomic E-state index is -0.718. The van der Waals surface area contributed by atoms with Crippen LogP contribution in [0.1, 0.15) is 52.7 Å². The Hall–Kier alpha value is -1.36. The molecule has 0 aromatic carbocycles. The average Bonchev–Trinajstić information content (AvgIpc) is 2.83. The lowest BCUT2D eigenvalue weighted by atomic mass is 9.80. The van der Waals surface area contributed by atoms with Gasteiger partial charge in [-0.1, -0.05) is 34.6 Å². The van der Waals surface area contributed by atoms with Gasteiger partial charge < -0.3 is 9.52 Å². The largest absolute Gasteiger partial charge is 0.481 e. The zero-order chi connectivity index (χ0) is 15.8. The summed E-state index contributed by atoms with van der Waals surface area (Å²) in [6.45, 7) is 12.9. The van der Waals surface area contributed by atoms with Crippen LogP contribution in [0.25, 0.3) is 0 Å². The van der Waals surface area contributed by atoms with E-state index < -0.39 is 5.97 Å². The van der Waals surface area contributed by atoms with Crippen LogP contribution in [0.4, 0.5) is 0 Å². The van der Waals surface area contributed by atoms with Crippen LogP contribution in [0.15, 0.2) is 10.6 Å². The maximum absolute atomic E-state index is 11.0. The Morgan fingerprint density at radius 2 is 2.19 bits per heavy atom. The predicted molar refractivity (Wildman–Crippen MR) is 80.0 cm³/mol. The fourth-order valence-electron chi connectivity index (χ4n) is 2.95. The van der Waals surface area contributed by atoms with Gasteiger partial charge in [-0.15, -0.1) is 0 Å². The van der Waals surface area contributed by atoms with Crippen molar-refractivity contribution >= 4 is 5.97 Å². The van der Waals surface area contributed by atoms with E-state index in [9.17, 15) is 4.79 Å². The van der Waals surface area contributed by atoms with E-state index in [-0.39, 0.29) is 23.2 Å². The molecule has 0 saturated carbocycles. The van der Waals surface area contributed by atoms with Crippen molar-refractivity contribution in [2.24, 2.45) is 11.3 Å². The second kappa shape index (κ2) is 5.44. The van der Waals surface area contributed by atoms with Gasteiger partial charge in [0.2, 0.25) is 0 Å². The lowest BCUT2D eigenvalue weighted by Crippen LogP contribution is -2.24. The standard InChI is InChI=1S/C16H26N2O3/c1-15(2,3)14-17-7-12(21-14)9-18-8-11(6-13(19)20)16(4,5)10-18/h7,11H,6,8-10H2,1-5H3,(H,19,20). The molecule has 2 rings (SSSR count). The molecule has 1 N–H and O–H groups in total. The van der Waals surface area contributed by atoms with Crippen LogP contribution in [0.5, 0.6) is 0 Å². The summed E-state index contributed by atoms with van der Waals surface area (Å²) in [5.74, 6) is 1.06. The molecule has 0 radical (unpaired) electrons. The number of carboxylic acids is 1. The third-order valence-electron chi connectivity index (χ3n) is 4.21. The number of oxazole rings is 1. The molecule has 1 saturated heterocycles. The third kappa shape index (κ3) is 3.84. The molecule has 1 atom stereocenters. The summed E-state index contributed by atoms with van der Waals surface area (Å²) in [7, 11) is 0. The molecular formula is C16H26N2O3. The molecule has 1 aliphatic heterocycles. The summed E-state index contributed by atoms with van der Waals surface area (Å²) >= 11 is 0. The van der Waals surface area contributed by atoms with Crippen molar-refractivity contribution in [2.45, 2.75) is 53.0 Å². The summed E-state index contributed by atoms with van der Waals surface area (Å²) in [4.78, 5) is 17.6. The van der Waals surface area contributed by atoms with Crippen molar-refractivity contribution in [1.29, 1.82) is 0 Å². The van der Waals surface area contributed by atoms with Crippen molar-refractivity contribution in [3.63, 3.8) is 0 Å². The Morgan fingerprint density at radius 1 is 1.52 bits per heavy atom. The van der Waals surface area contributed by atoms with Crippen molar-refractivity contribution < 1.29 is 14.3 Å². The van der Waals surface area contributed by atoms with Gasteiger partial charge in [-0.3, -0.25) is 9.69 Å². The van der Waals surface area contributed by atoms with E-state index in [4.69, 9.17) is 9.52 Å². The van der Waals surface area contributed by atoms with Gasteiger partial charge >= 0.3 is 5.97 Å². The second-order valence-electron chi connectivity index (χ2n) is 7.83. The highest BCUT2D eigenvalue weighted by Gasteiger charge is 2.40. The summed E-state index contributed by atoms with van der Waals surface area (Å²) in [6, 6.07) is 0. The van der Waals surface area contributed by atoms with Crippen molar-refractivity contribution in [1.82, 2.24) is 9.88 Å². The van der Waals surface area contributed by atoms with Crippen LogP contribution in [-0.2, 0) is 16.8 Å². The lowest BCUT2D eigenvalue weighted by molar-refractivity contribution is -0.138. The van der Waals surface area contributed by atoms with E-state index in [1.807, 2.05) is 0 Å². The smallest absolute Gasteiger partial charge is 0.303 e. The zero-order valence-corrected chi connectivity index (χ0v) is 13.6. The molecule has 0 spiro atoms. The normalized spacial score (nSPS) is 22.6. The summed E-state index contributed by atoms with van der Waals surface area (Å²) in [5.41, 5.74) is -0.0698. The minimum Gasteiger partial charge on any atom is -0.481 e. The topological polar surface area (TPSA) is 66.6 Å². The molecule has 0 amide bonds. The molecule has 2 heterocycles. The van der Waals surface area contributed by atoms with Gasteiger partial charge in [-0.05, 0) is 11.3 Å². The maximum Gasteiger partial charge on any atom is 0.303 e. The molecule has 0 bridgehead atoms. The van der Waals surface area contributed by atoms with Crippen LogP contribution in [0.2, 0.25) is 0 Å². The molecule has 0 aliphatic carbocycles. The minimum absolute atomic E-state index is 0.0191. The maximum atomic E-state index is 11.0. The zero-order valence-electron chi connectivity index (χ0n) is 13.6. The second-order valence-corrected chi connectivity index (χ2v) is 7.83. The number of nitrogens with zero attached hydrogens (tertiary/aromatic N) is 2. The monoisotopic (exact) mass is 294 g/mol. The van der Waals surface area contributed by atoms with E-state index in [0.717, 1.165) is 24.7 Å². The molecule has 1 unspecified atom stereocenters. The van der Waals surface area contributed by atoms with E-state index in [1.165, 1.54) is 0 Å². The molecule has 5 heteroatoms. The molecule has 21 heavy (non-hydrogen) atoms. The summed E-state index contributed by atoms with van der Waals surface area (Å²) < 4.78 is 5.83. The van der Waals surface area contributed by atoms with E-state index >= 15 is 0 Å². The van der Waals surface area contributed by atoms with Gasteiger partial charge in [0, 0.05) is 24.9 Å². The first kappa shape index (κ1) is 16.0. The summed E-state index contributed by atoms with van der Waals surface area (Å²) in [5, 5.41) is 9.03. The van der Waals surface area contributed by atoms with Gasteiger partial charge in [0.15, 0.2) is 5.89 Å². The van der Waals surface area contributed by atoms with E-state index in [0.29, 0.717) is 6.54 Å². The average molecular weight is 294 g/mol. The molecule has 1 aromatic heterocycles. The van der Waals surface area contributed by atoms with Gasteiger partial charge in [0.05, 0.1) is 12.7 Å². The fourth-order valence-corrected chi connectivity index (χ4v) is 2.95. The van der Waals surface area contributed by atoms with Crippen molar-refractivity contribution in [2.75, 3.05) is 13.1 Å². The third-order valence-corrected chi connectivity index (χ3v) is 4.21. The first-order valence-electron chi connectivity index (χ1n) is 7.47. The Bertz CT molecular complexity index is 514. The molecule has 1 aromatic rings. The molecule has 1 fully saturated rings. The number of hydrogen-bond donors (Lipinski definition) is 1. The number of likely N-dealkylation sites (tertiary alicyclic amines) is 1. The Kier molecular flexibility index (Phi) is 4.15. The number of rotatable bonds is 4. The Labute approximate surface area is 126 Å².